The maximum atomic E-state index is 14.0. The number of para-hydroxylation sites is 1. The van der Waals surface area contributed by atoms with Crippen LogP contribution in [0, 0.1) is 5.82 Å². The van der Waals surface area contributed by atoms with Crippen LogP contribution < -0.4 is 19.1 Å². The zero-order chi connectivity index (χ0) is 22.6. The van der Waals surface area contributed by atoms with E-state index in [0.717, 1.165) is 0 Å². The fraction of sp³-hybridized carbons (Fsp3) is 0.381. The van der Waals surface area contributed by atoms with Gasteiger partial charge in [-0.05, 0) is 31.2 Å². The number of hydrogen-bond donors (Lipinski definition) is 1. The Hall–Kier alpha value is -2.85. The molecule has 0 aliphatic carbocycles. The number of carbonyl (C=O) groups is 1. The highest BCUT2D eigenvalue weighted by Gasteiger charge is 2.29. The SMILES string of the molecule is COc1ccc(S(=O)(=O)N[C@@H](C)C(=O)N2CCN(c3ccccc3F)CC2)cc1OC. The van der Waals surface area contributed by atoms with Gasteiger partial charge >= 0.3 is 0 Å². The van der Waals surface area contributed by atoms with Gasteiger partial charge in [-0.1, -0.05) is 12.1 Å². The minimum absolute atomic E-state index is 0.0332. The monoisotopic (exact) mass is 451 g/mol. The summed E-state index contributed by atoms with van der Waals surface area (Å²) in [6.45, 7) is 3.17. The molecule has 1 saturated heterocycles. The molecule has 0 bridgehead atoms. The summed E-state index contributed by atoms with van der Waals surface area (Å²) in [6.07, 6.45) is 0. The van der Waals surface area contributed by atoms with E-state index in [0.29, 0.717) is 37.6 Å². The lowest BCUT2D eigenvalue weighted by Gasteiger charge is -2.37. The van der Waals surface area contributed by atoms with Crippen molar-refractivity contribution in [3.63, 3.8) is 0 Å². The summed E-state index contributed by atoms with van der Waals surface area (Å²) in [5.74, 6) is 0.0301. The Morgan fingerprint density at radius 1 is 1.03 bits per heavy atom. The minimum Gasteiger partial charge on any atom is -0.493 e. The van der Waals surface area contributed by atoms with E-state index in [2.05, 4.69) is 4.72 Å². The largest absolute Gasteiger partial charge is 0.493 e. The number of carbonyl (C=O) groups excluding carboxylic acids is 1. The topological polar surface area (TPSA) is 88.2 Å². The van der Waals surface area contributed by atoms with Crippen molar-refractivity contribution in [3.05, 3.63) is 48.3 Å². The van der Waals surface area contributed by atoms with E-state index >= 15 is 0 Å². The van der Waals surface area contributed by atoms with Crippen LogP contribution >= 0.6 is 0 Å². The van der Waals surface area contributed by atoms with E-state index in [-0.39, 0.29) is 22.4 Å². The number of nitrogens with one attached hydrogen (secondary N) is 1. The Morgan fingerprint density at radius 3 is 2.29 bits per heavy atom. The smallest absolute Gasteiger partial charge is 0.241 e. The van der Waals surface area contributed by atoms with Crippen LogP contribution in [-0.2, 0) is 14.8 Å². The van der Waals surface area contributed by atoms with Gasteiger partial charge in [0.2, 0.25) is 15.9 Å². The molecule has 0 spiro atoms. The second-order valence-corrected chi connectivity index (χ2v) is 8.84. The van der Waals surface area contributed by atoms with E-state index in [1.165, 1.54) is 45.4 Å². The number of rotatable bonds is 7. The highest BCUT2D eigenvalue weighted by Crippen LogP contribution is 2.29. The molecule has 10 heteroatoms. The van der Waals surface area contributed by atoms with Crippen molar-refractivity contribution in [1.82, 2.24) is 9.62 Å². The molecule has 0 unspecified atom stereocenters. The molecule has 2 aromatic rings. The van der Waals surface area contributed by atoms with E-state index in [4.69, 9.17) is 9.47 Å². The molecule has 1 amide bonds. The maximum absolute atomic E-state index is 14.0. The standard InChI is InChI=1S/C21H26FN3O5S/c1-15(23-31(27,28)16-8-9-19(29-2)20(14-16)30-3)21(26)25-12-10-24(11-13-25)18-7-5-4-6-17(18)22/h4-9,14-15,23H,10-13H2,1-3H3/t15-/m0/s1. The lowest BCUT2D eigenvalue weighted by atomic mass is 10.2. The number of nitrogens with zero attached hydrogens (tertiary/aromatic N) is 2. The van der Waals surface area contributed by atoms with Crippen LogP contribution in [0.2, 0.25) is 0 Å². The van der Waals surface area contributed by atoms with Crippen LogP contribution in [0.4, 0.5) is 10.1 Å². The molecule has 3 rings (SSSR count). The van der Waals surface area contributed by atoms with Gasteiger partial charge in [-0.15, -0.1) is 0 Å². The van der Waals surface area contributed by atoms with Crippen LogP contribution in [0.3, 0.4) is 0 Å². The Morgan fingerprint density at radius 2 is 1.68 bits per heavy atom. The average Bonchev–Trinajstić information content (AvgIpc) is 2.78. The van der Waals surface area contributed by atoms with Gasteiger partial charge in [0.15, 0.2) is 11.5 Å². The maximum Gasteiger partial charge on any atom is 0.241 e. The summed E-state index contributed by atoms with van der Waals surface area (Å²) in [6, 6.07) is 9.75. The van der Waals surface area contributed by atoms with Crippen molar-refractivity contribution in [3.8, 4) is 11.5 Å². The Labute approximate surface area is 181 Å². The van der Waals surface area contributed by atoms with Crippen LogP contribution in [0.25, 0.3) is 0 Å². The van der Waals surface area contributed by atoms with Crippen molar-refractivity contribution >= 4 is 21.6 Å². The first-order chi connectivity index (χ1) is 14.8. The third kappa shape index (κ3) is 5.08. The number of amides is 1. The molecule has 31 heavy (non-hydrogen) atoms. The fourth-order valence-corrected chi connectivity index (χ4v) is 4.70. The summed E-state index contributed by atoms with van der Waals surface area (Å²) in [5, 5.41) is 0. The summed E-state index contributed by atoms with van der Waals surface area (Å²) in [5.41, 5.74) is 0.497. The summed E-state index contributed by atoms with van der Waals surface area (Å²) < 4.78 is 52.2. The van der Waals surface area contributed by atoms with Gasteiger partial charge in [-0.3, -0.25) is 4.79 Å². The molecule has 0 saturated carbocycles. The van der Waals surface area contributed by atoms with E-state index in [1.54, 1.807) is 23.1 Å². The summed E-state index contributed by atoms with van der Waals surface area (Å²) in [7, 11) is -1.09. The molecule has 0 aromatic heterocycles. The fourth-order valence-electron chi connectivity index (χ4n) is 3.48. The predicted octanol–water partition coefficient (Wildman–Crippen LogP) is 1.86. The normalized spacial score (nSPS) is 15.5. The number of methoxy groups -OCH3 is 2. The van der Waals surface area contributed by atoms with Crippen molar-refractivity contribution in [2.24, 2.45) is 0 Å². The second-order valence-electron chi connectivity index (χ2n) is 7.12. The molecule has 2 aromatic carbocycles. The number of ether oxygens (including phenoxy) is 2. The van der Waals surface area contributed by atoms with Gasteiger partial charge in [0, 0.05) is 32.2 Å². The number of halogens is 1. The number of anilines is 1. The Bertz CT molecular complexity index is 1040. The Balaban J connectivity index is 1.63. The van der Waals surface area contributed by atoms with Crippen LogP contribution in [-0.4, -0.2) is 65.7 Å². The predicted molar refractivity (Wildman–Crippen MR) is 115 cm³/mol. The molecular formula is C21H26FN3O5S. The summed E-state index contributed by atoms with van der Waals surface area (Å²) >= 11 is 0. The van der Waals surface area contributed by atoms with Gasteiger partial charge in [0.05, 0.1) is 30.8 Å². The Kier molecular flexibility index (Phi) is 7.01. The van der Waals surface area contributed by atoms with Gasteiger partial charge < -0.3 is 19.3 Å². The lowest BCUT2D eigenvalue weighted by Crippen LogP contribution is -2.54. The molecule has 168 valence electrons. The number of benzene rings is 2. The molecule has 1 fully saturated rings. The lowest BCUT2D eigenvalue weighted by molar-refractivity contribution is -0.132. The molecular weight excluding hydrogens is 425 g/mol. The van der Waals surface area contributed by atoms with Crippen LogP contribution in [0.5, 0.6) is 11.5 Å². The van der Waals surface area contributed by atoms with Crippen molar-refractivity contribution in [2.45, 2.75) is 17.9 Å². The highest BCUT2D eigenvalue weighted by molar-refractivity contribution is 7.89. The third-order valence-electron chi connectivity index (χ3n) is 5.15. The first kappa shape index (κ1) is 22.8. The van der Waals surface area contributed by atoms with Gasteiger partial charge in [0.25, 0.3) is 0 Å². The minimum atomic E-state index is -3.95. The van der Waals surface area contributed by atoms with Crippen LogP contribution in [0.1, 0.15) is 6.92 Å². The summed E-state index contributed by atoms with van der Waals surface area (Å²) in [4.78, 5) is 16.2. The third-order valence-corrected chi connectivity index (χ3v) is 6.69. The molecule has 1 heterocycles. The zero-order valence-corrected chi connectivity index (χ0v) is 18.5. The quantitative estimate of drug-likeness (QED) is 0.692. The molecule has 1 aliphatic heterocycles. The number of piperazine rings is 1. The van der Waals surface area contributed by atoms with Gasteiger partial charge in [-0.25, -0.2) is 12.8 Å². The average molecular weight is 452 g/mol. The number of sulfonamides is 1. The first-order valence-electron chi connectivity index (χ1n) is 9.79. The van der Waals surface area contributed by atoms with Crippen molar-refractivity contribution in [2.75, 3.05) is 45.3 Å². The van der Waals surface area contributed by atoms with Gasteiger partial charge in [-0.2, -0.15) is 4.72 Å². The molecule has 1 atom stereocenters. The van der Waals surface area contributed by atoms with Crippen molar-refractivity contribution < 1.29 is 27.1 Å². The van der Waals surface area contributed by atoms with E-state index in [9.17, 15) is 17.6 Å². The number of hydrogen-bond acceptors (Lipinski definition) is 6. The van der Waals surface area contributed by atoms with E-state index in [1.807, 2.05) is 4.90 Å². The molecule has 8 nitrogen and oxygen atoms in total. The molecule has 1 aliphatic rings. The van der Waals surface area contributed by atoms with Crippen LogP contribution in [0.15, 0.2) is 47.4 Å². The second kappa shape index (κ2) is 9.52. The van der Waals surface area contributed by atoms with Crippen molar-refractivity contribution in [1.29, 1.82) is 0 Å². The molecule has 1 N–H and O–H groups in total. The van der Waals surface area contributed by atoms with E-state index < -0.39 is 16.1 Å². The van der Waals surface area contributed by atoms with Gasteiger partial charge in [0.1, 0.15) is 5.82 Å². The zero-order valence-electron chi connectivity index (χ0n) is 17.7. The molecule has 0 radical (unpaired) electrons. The first-order valence-corrected chi connectivity index (χ1v) is 11.3. The highest BCUT2D eigenvalue weighted by atomic mass is 32.2.